The number of aryl methyl sites for hydroxylation is 2. The van der Waals surface area contributed by atoms with Gasteiger partial charge in [-0.3, -0.25) is 0 Å². The van der Waals surface area contributed by atoms with E-state index in [1.165, 1.54) is 11.1 Å². The number of halogens is 1. The molecule has 0 N–H and O–H groups in total. The van der Waals surface area contributed by atoms with Gasteiger partial charge in [-0.15, -0.1) is 0 Å². The van der Waals surface area contributed by atoms with Gasteiger partial charge in [0, 0.05) is 5.56 Å². The van der Waals surface area contributed by atoms with Crippen LogP contribution in [0.5, 0.6) is 0 Å². The maximum absolute atomic E-state index is 6.30. The van der Waals surface area contributed by atoms with E-state index in [2.05, 4.69) is 31.1 Å². The van der Waals surface area contributed by atoms with Crippen LogP contribution in [0.25, 0.3) is 0 Å². The minimum absolute atomic E-state index is 0.742. The Morgan fingerprint density at radius 2 is 1.94 bits per heavy atom. The number of rotatable bonds is 3. The maximum Gasteiger partial charge on any atom is 0.130 e. The molecule has 0 unspecified atom stereocenters. The largest absolute Gasteiger partial charge is 0.249 e. The lowest BCUT2D eigenvalue weighted by molar-refractivity contribution is 0.672. The molecule has 2 nitrogen and oxygen atoms in total. The third kappa shape index (κ3) is 2.37. The SMILES string of the molecule is CCc1nn(Cc2ccccc2C)c(Cl)c1C. The molecule has 1 heterocycles. The first kappa shape index (κ1) is 12.2. The second-order valence-electron chi connectivity index (χ2n) is 4.30. The molecule has 17 heavy (non-hydrogen) atoms. The summed E-state index contributed by atoms with van der Waals surface area (Å²) in [6, 6.07) is 8.33. The van der Waals surface area contributed by atoms with Crippen molar-refractivity contribution in [3.63, 3.8) is 0 Å². The number of nitrogens with zero attached hydrogens (tertiary/aromatic N) is 2. The molecule has 0 bridgehead atoms. The normalized spacial score (nSPS) is 10.8. The zero-order valence-electron chi connectivity index (χ0n) is 10.5. The van der Waals surface area contributed by atoms with Crippen LogP contribution in [0.1, 0.15) is 29.3 Å². The lowest BCUT2D eigenvalue weighted by Crippen LogP contribution is -2.03. The number of benzene rings is 1. The van der Waals surface area contributed by atoms with E-state index in [-0.39, 0.29) is 0 Å². The number of hydrogen-bond acceptors (Lipinski definition) is 1. The van der Waals surface area contributed by atoms with Crippen molar-refractivity contribution >= 4 is 11.6 Å². The Balaban J connectivity index is 2.34. The topological polar surface area (TPSA) is 17.8 Å². The zero-order valence-corrected chi connectivity index (χ0v) is 11.3. The smallest absolute Gasteiger partial charge is 0.130 e. The van der Waals surface area contributed by atoms with Crippen LogP contribution in [-0.2, 0) is 13.0 Å². The fraction of sp³-hybridized carbons (Fsp3) is 0.357. The summed E-state index contributed by atoms with van der Waals surface area (Å²) in [5.74, 6) is 0. The predicted molar refractivity (Wildman–Crippen MR) is 71.6 cm³/mol. The molecule has 0 atom stereocenters. The third-order valence-electron chi connectivity index (χ3n) is 3.13. The van der Waals surface area contributed by atoms with Crippen molar-refractivity contribution in [2.45, 2.75) is 33.7 Å². The summed E-state index contributed by atoms with van der Waals surface area (Å²) in [5.41, 5.74) is 4.72. The molecule has 1 aromatic heterocycles. The molecule has 0 radical (unpaired) electrons. The highest BCUT2D eigenvalue weighted by atomic mass is 35.5. The molecule has 2 rings (SSSR count). The van der Waals surface area contributed by atoms with Crippen LogP contribution in [0.15, 0.2) is 24.3 Å². The van der Waals surface area contributed by atoms with Gasteiger partial charge in [0.1, 0.15) is 5.15 Å². The van der Waals surface area contributed by atoms with Gasteiger partial charge in [-0.2, -0.15) is 5.10 Å². The molecule has 2 aromatic rings. The third-order valence-corrected chi connectivity index (χ3v) is 3.61. The van der Waals surface area contributed by atoms with Crippen LogP contribution in [-0.4, -0.2) is 9.78 Å². The van der Waals surface area contributed by atoms with E-state index in [4.69, 9.17) is 11.6 Å². The maximum atomic E-state index is 6.30. The van der Waals surface area contributed by atoms with Crippen molar-refractivity contribution < 1.29 is 0 Å². The van der Waals surface area contributed by atoms with Gasteiger partial charge in [0.15, 0.2) is 0 Å². The quantitative estimate of drug-likeness (QED) is 0.809. The molecule has 90 valence electrons. The fourth-order valence-corrected chi connectivity index (χ4v) is 2.17. The molecule has 0 saturated carbocycles. The van der Waals surface area contributed by atoms with Gasteiger partial charge in [-0.25, -0.2) is 4.68 Å². The van der Waals surface area contributed by atoms with E-state index < -0.39 is 0 Å². The molecule has 0 aliphatic heterocycles. The Labute approximate surface area is 107 Å². The van der Waals surface area contributed by atoms with Gasteiger partial charge in [0.25, 0.3) is 0 Å². The first-order chi connectivity index (χ1) is 8.13. The van der Waals surface area contributed by atoms with Crippen LogP contribution in [0.2, 0.25) is 5.15 Å². The monoisotopic (exact) mass is 248 g/mol. The molecule has 1 aromatic carbocycles. The Kier molecular flexibility index (Phi) is 3.53. The van der Waals surface area contributed by atoms with Crippen molar-refractivity contribution in [1.82, 2.24) is 9.78 Å². The average molecular weight is 249 g/mol. The van der Waals surface area contributed by atoms with Gasteiger partial charge < -0.3 is 0 Å². The summed E-state index contributed by atoms with van der Waals surface area (Å²) in [6.45, 7) is 6.99. The van der Waals surface area contributed by atoms with Crippen molar-refractivity contribution in [1.29, 1.82) is 0 Å². The van der Waals surface area contributed by atoms with Crippen molar-refractivity contribution in [3.8, 4) is 0 Å². The molecule has 0 saturated heterocycles. The van der Waals surface area contributed by atoms with E-state index in [9.17, 15) is 0 Å². The average Bonchev–Trinajstić information content (AvgIpc) is 2.60. The summed E-state index contributed by atoms with van der Waals surface area (Å²) in [4.78, 5) is 0. The second kappa shape index (κ2) is 4.92. The predicted octanol–water partition coefficient (Wildman–Crippen LogP) is 3.76. The molecular formula is C14H17ClN2. The summed E-state index contributed by atoms with van der Waals surface area (Å²) >= 11 is 6.30. The van der Waals surface area contributed by atoms with Crippen molar-refractivity contribution in [2.75, 3.05) is 0 Å². The lowest BCUT2D eigenvalue weighted by atomic mass is 10.1. The molecule has 0 fully saturated rings. The minimum atomic E-state index is 0.742. The molecule has 3 heteroatoms. The van der Waals surface area contributed by atoms with E-state index in [0.29, 0.717) is 0 Å². The van der Waals surface area contributed by atoms with Crippen LogP contribution in [0, 0.1) is 13.8 Å². The highest BCUT2D eigenvalue weighted by Crippen LogP contribution is 2.21. The van der Waals surface area contributed by atoms with Crippen LogP contribution in [0.4, 0.5) is 0 Å². The first-order valence-corrected chi connectivity index (χ1v) is 6.27. The van der Waals surface area contributed by atoms with Crippen LogP contribution < -0.4 is 0 Å². The Hall–Kier alpha value is -1.28. The van der Waals surface area contributed by atoms with Crippen LogP contribution >= 0.6 is 11.6 Å². The van der Waals surface area contributed by atoms with Gasteiger partial charge in [-0.1, -0.05) is 42.8 Å². The summed E-state index contributed by atoms with van der Waals surface area (Å²) in [5, 5.41) is 5.30. The highest BCUT2D eigenvalue weighted by molar-refractivity contribution is 6.30. The van der Waals surface area contributed by atoms with Crippen molar-refractivity contribution in [3.05, 3.63) is 51.8 Å². The first-order valence-electron chi connectivity index (χ1n) is 5.89. The van der Waals surface area contributed by atoms with Crippen molar-refractivity contribution in [2.24, 2.45) is 0 Å². The molecule has 0 aliphatic carbocycles. The number of aromatic nitrogens is 2. The Morgan fingerprint density at radius 3 is 2.53 bits per heavy atom. The van der Waals surface area contributed by atoms with E-state index in [1.807, 2.05) is 23.7 Å². The lowest BCUT2D eigenvalue weighted by Gasteiger charge is -2.06. The van der Waals surface area contributed by atoms with Gasteiger partial charge >= 0.3 is 0 Å². The Bertz CT molecular complexity index is 529. The fourth-order valence-electron chi connectivity index (χ4n) is 1.97. The van der Waals surface area contributed by atoms with Crippen LogP contribution in [0.3, 0.4) is 0 Å². The zero-order chi connectivity index (χ0) is 12.4. The van der Waals surface area contributed by atoms with Gasteiger partial charge in [0.2, 0.25) is 0 Å². The second-order valence-corrected chi connectivity index (χ2v) is 4.66. The van der Waals surface area contributed by atoms with E-state index in [1.54, 1.807) is 0 Å². The molecule has 0 amide bonds. The number of hydrogen-bond donors (Lipinski definition) is 0. The van der Waals surface area contributed by atoms with E-state index >= 15 is 0 Å². The summed E-state index contributed by atoms with van der Waals surface area (Å²) in [7, 11) is 0. The van der Waals surface area contributed by atoms with E-state index in [0.717, 1.165) is 29.4 Å². The summed E-state index contributed by atoms with van der Waals surface area (Å²) in [6.07, 6.45) is 0.923. The highest BCUT2D eigenvalue weighted by Gasteiger charge is 2.11. The molecule has 0 aliphatic rings. The summed E-state index contributed by atoms with van der Waals surface area (Å²) < 4.78 is 1.89. The molecular weight excluding hydrogens is 232 g/mol. The standard InChI is InChI=1S/C14H17ClN2/c1-4-13-11(3)14(15)17(16-13)9-12-8-6-5-7-10(12)2/h5-8H,4,9H2,1-3H3. The van der Waals surface area contributed by atoms with Gasteiger partial charge in [0.05, 0.1) is 12.2 Å². The molecule has 0 spiro atoms. The Morgan fingerprint density at radius 1 is 1.24 bits per heavy atom. The van der Waals surface area contributed by atoms with Gasteiger partial charge in [-0.05, 0) is 31.4 Å². The minimum Gasteiger partial charge on any atom is -0.249 e.